The van der Waals surface area contributed by atoms with E-state index < -0.39 is 12.8 Å². The van der Waals surface area contributed by atoms with Crippen LogP contribution in [-0.2, 0) is 4.74 Å². The molecule has 0 heterocycles. The van der Waals surface area contributed by atoms with Crippen LogP contribution in [0, 0.1) is 5.92 Å². The predicted molar refractivity (Wildman–Crippen MR) is 55.2 cm³/mol. The normalized spacial score (nSPS) is 14.4. The highest BCUT2D eigenvalue weighted by Gasteiger charge is 2.27. The number of alkyl halides is 3. The Morgan fingerprint density at radius 1 is 1.31 bits per heavy atom. The number of hydrogen-bond donors (Lipinski definition) is 2. The molecule has 0 bridgehead atoms. The van der Waals surface area contributed by atoms with Gasteiger partial charge in [-0.25, -0.2) is 0 Å². The van der Waals surface area contributed by atoms with Gasteiger partial charge in [0.1, 0.15) is 6.61 Å². The number of ether oxygens (including phenoxy) is 1. The highest BCUT2D eigenvalue weighted by molar-refractivity contribution is 4.68. The predicted octanol–water partition coefficient (Wildman–Crippen LogP) is 1.56. The zero-order chi connectivity index (χ0) is 12.6. The standard InChI is InChI=1S/C10H20F3NO2/c1-8(2)9(6-15)14-4-3-5-16-7-10(11,12)13/h8-9,14-15H,3-7H2,1-2H3/t9-/m1/s1. The van der Waals surface area contributed by atoms with Gasteiger partial charge in [0.15, 0.2) is 0 Å². The van der Waals surface area contributed by atoms with Crippen LogP contribution in [0.15, 0.2) is 0 Å². The summed E-state index contributed by atoms with van der Waals surface area (Å²) in [6.07, 6.45) is -3.75. The van der Waals surface area contributed by atoms with Crippen molar-refractivity contribution in [3.8, 4) is 0 Å². The lowest BCUT2D eigenvalue weighted by Gasteiger charge is -2.19. The van der Waals surface area contributed by atoms with Crippen molar-refractivity contribution < 1.29 is 23.0 Å². The minimum atomic E-state index is -4.25. The number of hydrogen-bond acceptors (Lipinski definition) is 3. The first-order valence-electron chi connectivity index (χ1n) is 5.35. The van der Waals surface area contributed by atoms with Crippen LogP contribution in [0.4, 0.5) is 13.2 Å². The summed E-state index contributed by atoms with van der Waals surface area (Å²) >= 11 is 0. The minimum Gasteiger partial charge on any atom is -0.395 e. The van der Waals surface area contributed by atoms with Gasteiger partial charge in [0.25, 0.3) is 0 Å². The summed E-state index contributed by atoms with van der Waals surface area (Å²) in [4.78, 5) is 0. The van der Waals surface area contributed by atoms with Gasteiger partial charge in [-0.15, -0.1) is 0 Å². The number of halogens is 3. The molecule has 0 fully saturated rings. The molecule has 0 unspecified atom stereocenters. The van der Waals surface area contributed by atoms with Crippen molar-refractivity contribution in [1.82, 2.24) is 5.32 Å². The Morgan fingerprint density at radius 3 is 2.38 bits per heavy atom. The molecule has 0 aromatic carbocycles. The lowest BCUT2D eigenvalue weighted by molar-refractivity contribution is -0.173. The van der Waals surface area contributed by atoms with Crippen molar-refractivity contribution in [2.24, 2.45) is 5.92 Å². The summed E-state index contributed by atoms with van der Waals surface area (Å²) in [5, 5.41) is 12.0. The summed E-state index contributed by atoms with van der Waals surface area (Å²) in [6, 6.07) is -0.0115. The molecule has 0 aliphatic carbocycles. The number of aliphatic hydroxyl groups excluding tert-OH is 1. The molecule has 0 aromatic heterocycles. The first-order valence-corrected chi connectivity index (χ1v) is 5.35. The van der Waals surface area contributed by atoms with E-state index in [2.05, 4.69) is 10.1 Å². The second kappa shape index (κ2) is 7.86. The Morgan fingerprint density at radius 2 is 1.94 bits per heavy atom. The maximum atomic E-state index is 11.7. The molecular formula is C10H20F3NO2. The highest BCUT2D eigenvalue weighted by atomic mass is 19.4. The van der Waals surface area contributed by atoms with E-state index in [-0.39, 0.29) is 19.3 Å². The van der Waals surface area contributed by atoms with Crippen molar-refractivity contribution >= 4 is 0 Å². The molecule has 0 aliphatic heterocycles. The maximum Gasteiger partial charge on any atom is 0.411 e. The van der Waals surface area contributed by atoms with E-state index in [0.717, 1.165) is 0 Å². The van der Waals surface area contributed by atoms with Gasteiger partial charge in [0.05, 0.1) is 6.61 Å². The fourth-order valence-electron chi connectivity index (χ4n) is 1.16. The van der Waals surface area contributed by atoms with Crippen LogP contribution >= 0.6 is 0 Å². The zero-order valence-corrected chi connectivity index (χ0v) is 9.68. The Kier molecular flexibility index (Phi) is 7.70. The van der Waals surface area contributed by atoms with Gasteiger partial charge >= 0.3 is 6.18 Å². The molecule has 0 aromatic rings. The van der Waals surface area contributed by atoms with Gasteiger partial charge < -0.3 is 15.2 Å². The summed E-state index contributed by atoms with van der Waals surface area (Å²) < 4.78 is 39.5. The second-order valence-corrected chi connectivity index (χ2v) is 4.01. The molecule has 98 valence electrons. The van der Waals surface area contributed by atoms with Crippen LogP contribution in [0.2, 0.25) is 0 Å². The van der Waals surface area contributed by atoms with E-state index in [4.69, 9.17) is 5.11 Å². The van der Waals surface area contributed by atoms with E-state index in [1.165, 1.54) is 0 Å². The molecule has 3 nitrogen and oxygen atoms in total. The van der Waals surface area contributed by atoms with Crippen LogP contribution in [0.1, 0.15) is 20.3 Å². The molecule has 0 aliphatic rings. The summed E-state index contributed by atoms with van der Waals surface area (Å²) in [6.45, 7) is 3.38. The Bertz CT molecular complexity index is 174. The molecular weight excluding hydrogens is 223 g/mol. The number of rotatable bonds is 8. The molecule has 0 spiro atoms. The van der Waals surface area contributed by atoms with Crippen molar-refractivity contribution in [3.63, 3.8) is 0 Å². The SMILES string of the molecule is CC(C)[C@@H](CO)NCCCOCC(F)(F)F. The average molecular weight is 243 g/mol. The van der Waals surface area contributed by atoms with Gasteiger partial charge in [-0.3, -0.25) is 0 Å². The van der Waals surface area contributed by atoms with E-state index in [9.17, 15) is 13.2 Å². The summed E-state index contributed by atoms with van der Waals surface area (Å²) in [5.74, 6) is 0.293. The van der Waals surface area contributed by atoms with E-state index in [0.29, 0.717) is 18.9 Å². The Balaban J connectivity index is 3.39. The van der Waals surface area contributed by atoms with E-state index in [1.54, 1.807) is 0 Å². The van der Waals surface area contributed by atoms with Crippen LogP contribution in [0.25, 0.3) is 0 Å². The minimum absolute atomic E-state index is 0.0115. The fraction of sp³-hybridized carbons (Fsp3) is 1.00. The Labute approximate surface area is 94.0 Å². The van der Waals surface area contributed by atoms with Crippen LogP contribution in [-0.4, -0.2) is 43.7 Å². The molecule has 0 saturated carbocycles. The first kappa shape index (κ1) is 15.7. The van der Waals surface area contributed by atoms with Gasteiger partial charge in [0, 0.05) is 12.6 Å². The lowest BCUT2D eigenvalue weighted by Crippen LogP contribution is -2.37. The van der Waals surface area contributed by atoms with Gasteiger partial charge in [-0.1, -0.05) is 13.8 Å². The molecule has 6 heteroatoms. The third-order valence-electron chi connectivity index (χ3n) is 2.14. The van der Waals surface area contributed by atoms with E-state index in [1.807, 2.05) is 13.8 Å². The summed E-state index contributed by atoms with van der Waals surface area (Å²) in [5.41, 5.74) is 0. The molecule has 0 saturated heterocycles. The van der Waals surface area contributed by atoms with Gasteiger partial charge in [0.2, 0.25) is 0 Å². The van der Waals surface area contributed by atoms with Crippen molar-refractivity contribution in [2.75, 3.05) is 26.4 Å². The molecule has 1 atom stereocenters. The first-order chi connectivity index (χ1) is 7.37. The van der Waals surface area contributed by atoms with Crippen molar-refractivity contribution in [1.29, 1.82) is 0 Å². The van der Waals surface area contributed by atoms with E-state index >= 15 is 0 Å². The van der Waals surface area contributed by atoms with Crippen LogP contribution in [0.3, 0.4) is 0 Å². The zero-order valence-electron chi connectivity index (χ0n) is 9.68. The number of aliphatic hydroxyl groups is 1. The highest BCUT2D eigenvalue weighted by Crippen LogP contribution is 2.14. The maximum absolute atomic E-state index is 11.7. The largest absolute Gasteiger partial charge is 0.411 e. The number of nitrogens with one attached hydrogen (secondary N) is 1. The van der Waals surface area contributed by atoms with Crippen molar-refractivity contribution in [2.45, 2.75) is 32.5 Å². The molecule has 16 heavy (non-hydrogen) atoms. The lowest BCUT2D eigenvalue weighted by atomic mass is 10.1. The average Bonchev–Trinajstić information content (AvgIpc) is 2.14. The topological polar surface area (TPSA) is 41.5 Å². The van der Waals surface area contributed by atoms with Crippen molar-refractivity contribution in [3.05, 3.63) is 0 Å². The van der Waals surface area contributed by atoms with Crippen LogP contribution in [0.5, 0.6) is 0 Å². The molecule has 0 radical (unpaired) electrons. The quantitative estimate of drug-likeness (QED) is 0.636. The molecule has 2 N–H and O–H groups in total. The monoisotopic (exact) mass is 243 g/mol. The van der Waals surface area contributed by atoms with Crippen LogP contribution < -0.4 is 5.32 Å². The third kappa shape index (κ3) is 8.94. The summed E-state index contributed by atoms with van der Waals surface area (Å²) in [7, 11) is 0. The van der Waals surface area contributed by atoms with Gasteiger partial charge in [-0.05, 0) is 18.9 Å². The smallest absolute Gasteiger partial charge is 0.395 e. The Hall–Kier alpha value is -0.330. The molecule has 0 rings (SSSR count). The second-order valence-electron chi connectivity index (χ2n) is 4.01. The fourth-order valence-corrected chi connectivity index (χ4v) is 1.16. The third-order valence-corrected chi connectivity index (χ3v) is 2.14. The molecule has 0 amide bonds. The van der Waals surface area contributed by atoms with Gasteiger partial charge in [-0.2, -0.15) is 13.2 Å².